The zero-order valence-corrected chi connectivity index (χ0v) is 9.22. The first-order valence-corrected chi connectivity index (χ1v) is 5.91. The molecule has 5 heteroatoms. The van der Waals surface area contributed by atoms with Crippen molar-refractivity contribution in [2.45, 2.75) is 31.6 Å². The summed E-state index contributed by atoms with van der Waals surface area (Å²) in [7, 11) is 0. The zero-order chi connectivity index (χ0) is 11.8. The van der Waals surface area contributed by atoms with Gasteiger partial charge in [0.05, 0.1) is 13.1 Å². The number of carbonyl (C=O) groups is 1. The Balaban J connectivity index is 1.77. The maximum absolute atomic E-state index is 12.8. The summed E-state index contributed by atoms with van der Waals surface area (Å²) in [5.41, 5.74) is 4.90. The lowest BCUT2D eigenvalue weighted by Gasteiger charge is -2.14. The summed E-state index contributed by atoms with van der Waals surface area (Å²) >= 11 is 0. The van der Waals surface area contributed by atoms with E-state index in [2.05, 4.69) is 5.32 Å². The fourth-order valence-electron chi connectivity index (χ4n) is 2.79. The Hall–Kier alpha value is -0.710. The molecule has 0 aliphatic heterocycles. The van der Waals surface area contributed by atoms with Gasteiger partial charge in [-0.2, -0.15) is 0 Å². The van der Waals surface area contributed by atoms with Crippen LogP contribution in [0.15, 0.2) is 0 Å². The number of nitrogens with two attached hydrogens (primary N) is 1. The van der Waals surface area contributed by atoms with Crippen LogP contribution >= 0.6 is 0 Å². The fraction of sp³-hybridized carbons (Fsp3) is 0.909. The molecule has 2 rings (SSSR count). The fourth-order valence-corrected chi connectivity index (χ4v) is 2.79. The van der Waals surface area contributed by atoms with Gasteiger partial charge in [0.1, 0.15) is 0 Å². The largest absolute Gasteiger partial charge is 0.350 e. The van der Waals surface area contributed by atoms with Crippen molar-refractivity contribution in [3.8, 4) is 0 Å². The van der Waals surface area contributed by atoms with Crippen LogP contribution in [-0.4, -0.2) is 24.9 Å². The summed E-state index contributed by atoms with van der Waals surface area (Å²) in [4.78, 5) is 11.6. The quantitative estimate of drug-likeness (QED) is 0.763. The van der Waals surface area contributed by atoms with Gasteiger partial charge < -0.3 is 11.1 Å². The van der Waals surface area contributed by atoms with Gasteiger partial charge >= 0.3 is 0 Å². The van der Waals surface area contributed by atoms with Crippen molar-refractivity contribution in [2.75, 3.05) is 13.1 Å². The molecule has 0 aromatic carbocycles. The number of carbonyl (C=O) groups excluding carboxylic acids is 1. The lowest BCUT2D eigenvalue weighted by atomic mass is 10.0. The zero-order valence-electron chi connectivity index (χ0n) is 9.22. The first kappa shape index (κ1) is 11.8. The molecule has 92 valence electrons. The second-order valence-electron chi connectivity index (χ2n) is 4.92. The van der Waals surface area contributed by atoms with E-state index in [0.717, 1.165) is 12.8 Å². The van der Waals surface area contributed by atoms with Gasteiger partial charge in [-0.3, -0.25) is 4.79 Å². The maximum atomic E-state index is 12.8. The maximum Gasteiger partial charge on any atom is 0.277 e. The van der Waals surface area contributed by atoms with Crippen LogP contribution in [-0.2, 0) is 4.79 Å². The molecule has 0 aromatic rings. The predicted molar refractivity (Wildman–Crippen MR) is 55.9 cm³/mol. The molecule has 2 aliphatic rings. The van der Waals surface area contributed by atoms with Crippen LogP contribution in [0.4, 0.5) is 8.78 Å². The molecule has 3 nitrogen and oxygen atoms in total. The summed E-state index contributed by atoms with van der Waals surface area (Å²) in [5.74, 6) is -2.27. The summed E-state index contributed by atoms with van der Waals surface area (Å²) in [6, 6.07) is 0. The topological polar surface area (TPSA) is 55.1 Å². The summed E-state index contributed by atoms with van der Waals surface area (Å²) < 4.78 is 25.7. The highest BCUT2D eigenvalue weighted by molar-refractivity contribution is 5.82. The summed E-state index contributed by atoms with van der Waals surface area (Å²) in [6.07, 6.45) is 4.50. The van der Waals surface area contributed by atoms with Crippen molar-refractivity contribution in [3.63, 3.8) is 0 Å². The van der Waals surface area contributed by atoms with Crippen LogP contribution < -0.4 is 11.1 Å². The Morgan fingerprint density at radius 2 is 1.88 bits per heavy atom. The third-order valence-electron chi connectivity index (χ3n) is 3.78. The standard InChI is InChI=1S/C11H18F2N2O/c12-11(13,5-14)6-15-10(16)9-7-3-1-2-4-8(7)9/h7-9H,1-6,14H2,(H,15,16). The van der Waals surface area contributed by atoms with Gasteiger partial charge in [0.15, 0.2) is 0 Å². The number of amides is 1. The minimum absolute atomic E-state index is 0.00363. The number of nitrogens with one attached hydrogen (secondary N) is 1. The third kappa shape index (κ3) is 2.34. The molecule has 2 aliphatic carbocycles. The Kier molecular flexibility index (Phi) is 3.15. The van der Waals surface area contributed by atoms with Gasteiger partial charge in [-0.1, -0.05) is 12.8 Å². The molecule has 3 N–H and O–H groups in total. The van der Waals surface area contributed by atoms with E-state index in [1.165, 1.54) is 12.8 Å². The molecule has 1 amide bonds. The molecular formula is C11H18F2N2O. The number of hydrogen-bond acceptors (Lipinski definition) is 2. The monoisotopic (exact) mass is 232 g/mol. The van der Waals surface area contributed by atoms with Gasteiger partial charge in [0.25, 0.3) is 5.92 Å². The van der Waals surface area contributed by atoms with Gasteiger partial charge in [0, 0.05) is 5.92 Å². The van der Waals surface area contributed by atoms with Crippen molar-refractivity contribution in [1.29, 1.82) is 0 Å². The van der Waals surface area contributed by atoms with Crippen LogP contribution in [0.1, 0.15) is 25.7 Å². The molecule has 2 atom stereocenters. The van der Waals surface area contributed by atoms with Gasteiger partial charge in [-0.15, -0.1) is 0 Å². The average molecular weight is 232 g/mol. The smallest absolute Gasteiger partial charge is 0.277 e. The van der Waals surface area contributed by atoms with E-state index >= 15 is 0 Å². The Labute approximate surface area is 93.8 Å². The van der Waals surface area contributed by atoms with Crippen molar-refractivity contribution >= 4 is 5.91 Å². The van der Waals surface area contributed by atoms with E-state index < -0.39 is 19.0 Å². The lowest BCUT2D eigenvalue weighted by molar-refractivity contribution is -0.124. The molecule has 0 heterocycles. The van der Waals surface area contributed by atoms with E-state index in [4.69, 9.17) is 5.73 Å². The van der Waals surface area contributed by atoms with Crippen LogP contribution in [0, 0.1) is 17.8 Å². The van der Waals surface area contributed by atoms with Gasteiger partial charge in [-0.05, 0) is 24.7 Å². The van der Waals surface area contributed by atoms with E-state index in [1.807, 2.05) is 0 Å². The number of fused-ring (bicyclic) bond motifs is 1. The van der Waals surface area contributed by atoms with E-state index in [0.29, 0.717) is 11.8 Å². The van der Waals surface area contributed by atoms with Crippen molar-refractivity contribution in [1.82, 2.24) is 5.32 Å². The van der Waals surface area contributed by atoms with Crippen molar-refractivity contribution < 1.29 is 13.6 Å². The van der Waals surface area contributed by atoms with Crippen LogP contribution in [0.2, 0.25) is 0 Å². The Bertz CT molecular complexity index is 271. The minimum Gasteiger partial charge on any atom is -0.350 e. The number of rotatable bonds is 4. The molecule has 2 fully saturated rings. The molecule has 0 radical (unpaired) electrons. The normalized spacial score (nSPS) is 33.1. The summed E-state index contributed by atoms with van der Waals surface area (Å²) in [6.45, 7) is -1.34. The molecular weight excluding hydrogens is 214 g/mol. The SMILES string of the molecule is NCC(F)(F)CNC(=O)C1C2CCCCC21. The summed E-state index contributed by atoms with van der Waals surface area (Å²) in [5, 5.41) is 2.32. The molecule has 0 aromatic heterocycles. The third-order valence-corrected chi connectivity index (χ3v) is 3.78. The molecule has 2 saturated carbocycles. The van der Waals surface area contributed by atoms with Crippen molar-refractivity contribution in [3.05, 3.63) is 0 Å². The second kappa shape index (κ2) is 4.28. The van der Waals surface area contributed by atoms with E-state index in [-0.39, 0.29) is 11.8 Å². The number of hydrogen-bond donors (Lipinski definition) is 2. The van der Waals surface area contributed by atoms with E-state index in [1.54, 1.807) is 0 Å². The average Bonchev–Trinajstić information content (AvgIpc) is 3.00. The van der Waals surface area contributed by atoms with Gasteiger partial charge in [0.2, 0.25) is 5.91 Å². The Morgan fingerprint density at radius 1 is 1.31 bits per heavy atom. The van der Waals surface area contributed by atoms with E-state index in [9.17, 15) is 13.6 Å². The second-order valence-corrected chi connectivity index (χ2v) is 4.92. The molecule has 0 spiro atoms. The highest BCUT2D eigenvalue weighted by atomic mass is 19.3. The number of halogens is 2. The first-order valence-electron chi connectivity index (χ1n) is 5.91. The van der Waals surface area contributed by atoms with Gasteiger partial charge in [-0.25, -0.2) is 8.78 Å². The number of alkyl halides is 2. The minimum atomic E-state index is -2.98. The van der Waals surface area contributed by atoms with Crippen LogP contribution in [0.25, 0.3) is 0 Å². The van der Waals surface area contributed by atoms with Crippen LogP contribution in [0.3, 0.4) is 0 Å². The predicted octanol–water partition coefficient (Wildman–Crippen LogP) is 1.13. The highest BCUT2D eigenvalue weighted by Crippen LogP contribution is 2.55. The Morgan fingerprint density at radius 3 is 2.38 bits per heavy atom. The van der Waals surface area contributed by atoms with Crippen LogP contribution in [0.5, 0.6) is 0 Å². The molecule has 16 heavy (non-hydrogen) atoms. The first-order chi connectivity index (χ1) is 7.55. The molecule has 2 unspecified atom stereocenters. The molecule has 0 bridgehead atoms. The molecule has 0 saturated heterocycles. The lowest BCUT2D eigenvalue weighted by Crippen LogP contribution is -2.42. The highest BCUT2D eigenvalue weighted by Gasteiger charge is 2.54. The van der Waals surface area contributed by atoms with Crippen molar-refractivity contribution in [2.24, 2.45) is 23.5 Å².